The minimum Gasteiger partial charge on any atom is -0.310 e. The van der Waals surface area contributed by atoms with Crippen molar-refractivity contribution in [2.45, 2.75) is 19.3 Å². The zero-order chi connectivity index (χ0) is 39.2. The molecule has 0 amide bonds. The van der Waals surface area contributed by atoms with E-state index < -0.39 is 0 Å². The molecular weight excluding hydrogens is 713 g/mol. The highest BCUT2D eigenvalue weighted by Gasteiger charge is 2.36. The highest BCUT2D eigenvalue weighted by Crippen LogP contribution is 2.51. The third kappa shape index (κ3) is 5.06. The molecule has 0 unspecified atom stereocenters. The zero-order valence-electron chi connectivity index (χ0n) is 33.0. The van der Waals surface area contributed by atoms with Gasteiger partial charge in [0.15, 0.2) is 0 Å². The van der Waals surface area contributed by atoms with Crippen LogP contribution in [-0.4, -0.2) is 4.57 Å². The van der Waals surface area contributed by atoms with Gasteiger partial charge in [-0.05, 0) is 110 Å². The second-order valence-corrected chi connectivity index (χ2v) is 16.5. The summed E-state index contributed by atoms with van der Waals surface area (Å²) in [5.74, 6) is 0. The largest absolute Gasteiger partial charge is 0.310 e. The van der Waals surface area contributed by atoms with Gasteiger partial charge >= 0.3 is 0 Å². The third-order valence-corrected chi connectivity index (χ3v) is 13.0. The van der Waals surface area contributed by atoms with Crippen LogP contribution < -0.4 is 4.90 Å². The van der Waals surface area contributed by atoms with Crippen molar-refractivity contribution in [2.24, 2.45) is 0 Å². The molecule has 0 bridgehead atoms. The number of para-hydroxylation sites is 2. The van der Waals surface area contributed by atoms with Gasteiger partial charge in [-0.3, -0.25) is 0 Å². The third-order valence-electron chi connectivity index (χ3n) is 13.0. The van der Waals surface area contributed by atoms with Gasteiger partial charge in [0.2, 0.25) is 0 Å². The van der Waals surface area contributed by atoms with Gasteiger partial charge in [0, 0.05) is 44.4 Å². The molecule has 0 fully saturated rings. The lowest BCUT2D eigenvalue weighted by atomic mass is 9.82. The number of nitrogens with zero attached hydrogens (tertiary/aromatic N) is 2. The second-order valence-electron chi connectivity index (χ2n) is 16.5. The van der Waals surface area contributed by atoms with Gasteiger partial charge in [0.05, 0.1) is 16.7 Å². The number of hydrogen-bond donors (Lipinski definition) is 0. The molecule has 2 aliphatic rings. The van der Waals surface area contributed by atoms with Crippen LogP contribution in [0, 0.1) is 0 Å². The van der Waals surface area contributed by atoms with Crippen molar-refractivity contribution < 1.29 is 0 Å². The van der Waals surface area contributed by atoms with E-state index in [0.717, 1.165) is 17.1 Å². The van der Waals surface area contributed by atoms with E-state index in [-0.39, 0.29) is 5.41 Å². The fraction of sp³-hybridized carbons (Fsp3) is 0.0526. The number of anilines is 3. The van der Waals surface area contributed by atoms with E-state index in [4.69, 9.17) is 0 Å². The van der Waals surface area contributed by atoms with Crippen molar-refractivity contribution in [3.8, 4) is 61.3 Å². The summed E-state index contributed by atoms with van der Waals surface area (Å²) in [6.07, 6.45) is 0. The van der Waals surface area contributed by atoms with E-state index in [1.165, 1.54) is 94.3 Å². The second kappa shape index (κ2) is 12.8. The summed E-state index contributed by atoms with van der Waals surface area (Å²) in [6, 6.07) is 76.2. The van der Waals surface area contributed by atoms with Crippen LogP contribution in [0.25, 0.3) is 83.1 Å². The molecule has 9 aromatic carbocycles. The number of rotatable bonds is 5. The highest BCUT2D eigenvalue weighted by atomic mass is 15.1. The Labute approximate surface area is 344 Å². The molecular formula is C57H40N2. The van der Waals surface area contributed by atoms with Crippen molar-refractivity contribution in [3.63, 3.8) is 0 Å². The first-order valence-corrected chi connectivity index (χ1v) is 20.6. The van der Waals surface area contributed by atoms with Gasteiger partial charge in [-0.2, -0.15) is 0 Å². The van der Waals surface area contributed by atoms with Gasteiger partial charge < -0.3 is 9.47 Å². The van der Waals surface area contributed by atoms with Crippen LogP contribution in [0.3, 0.4) is 0 Å². The molecule has 2 nitrogen and oxygen atoms in total. The average Bonchev–Trinajstić information content (AvgIpc) is 3.70. The highest BCUT2D eigenvalue weighted by molar-refractivity contribution is 6.16. The molecule has 2 heterocycles. The van der Waals surface area contributed by atoms with E-state index in [2.05, 4.69) is 230 Å². The van der Waals surface area contributed by atoms with E-state index >= 15 is 0 Å². The van der Waals surface area contributed by atoms with Crippen molar-refractivity contribution in [2.75, 3.05) is 4.90 Å². The van der Waals surface area contributed by atoms with Crippen molar-refractivity contribution >= 4 is 38.9 Å². The molecule has 1 aromatic heterocycles. The monoisotopic (exact) mass is 752 g/mol. The first-order chi connectivity index (χ1) is 29.0. The predicted molar refractivity (Wildman–Crippen MR) is 248 cm³/mol. The number of fused-ring (bicyclic) bond motifs is 11. The van der Waals surface area contributed by atoms with Crippen LogP contribution in [0.4, 0.5) is 17.1 Å². The standard InChI is InChI=1S/C57H40N2/c1-57(2)52-21-10-8-17-46(52)47-33-32-43(36-53(47)57)58(41-28-23-38(24-29-41)37-13-4-3-5-14-37)42-30-25-39(26-31-42)40-27-34-55-51(35-40)45-16-7-6-15-44(45)49-19-12-20-50-48-18-9-11-22-54(48)59(55)56(49)50/h3-36H,1-2H3. The van der Waals surface area contributed by atoms with E-state index in [1.807, 2.05) is 0 Å². The maximum Gasteiger partial charge on any atom is 0.0619 e. The van der Waals surface area contributed by atoms with Crippen LogP contribution in [0.5, 0.6) is 0 Å². The number of aromatic nitrogens is 1. The molecule has 2 heteroatoms. The normalized spacial score (nSPS) is 13.1. The fourth-order valence-corrected chi connectivity index (χ4v) is 10.1. The van der Waals surface area contributed by atoms with Crippen molar-refractivity contribution in [3.05, 3.63) is 217 Å². The molecule has 12 rings (SSSR count). The molecule has 1 aliphatic heterocycles. The van der Waals surface area contributed by atoms with Crippen LogP contribution >= 0.6 is 0 Å². The van der Waals surface area contributed by atoms with Gasteiger partial charge in [-0.1, -0.05) is 166 Å². The van der Waals surface area contributed by atoms with Gasteiger partial charge in [-0.25, -0.2) is 0 Å². The molecule has 0 N–H and O–H groups in total. The topological polar surface area (TPSA) is 8.17 Å². The molecule has 0 radical (unpaired) electrons. The molecule has 0 saturated heterocycles. The Morgan fingerprint density at radius 2 is 0.898 bits per heavy atom. The van der Waals surface area contributed by atoms with Gasteiger partial charge in [-0.15, -0.1) is 0 Å². The minimum absolute atomic E-state index is 0.0985. The smallest absolute Gasteiger partial charge is 0.0619 e. The summed E-state index contributed by atoms with van der Waals surface area (Å²) < 4.78 is 2.49. The Morgan fingerprint density at radius 1 is 0.356 bits per heavy atom. The average molecular weight is 753 g/mol. The summed E-state index contributed by atoms with van der Waals surface area (Å²) in [5.41, 5.74) is 22.2. The maximum atomic E-state index is 2.49. The summed E-state index contributed by atoms with van der Waals surface area (Å²) in [5, 5.41) is 2.57. The Balaban J connectivity index is 0.982. The van der Waals surface area contributed by atoms with E-state index in [9.17, 15) is 0 Å². The fourth-order valence-electron chi connectivity index (χ4n) is 10.1. The lowest BCUT2D eigenvalue weighted by Crippen LogP contribution is -2.16. The van der Waals surface area contributed by atoms with Crippen LogP contribution in [-0.2, 0) is 5.41 Å². The summed E-state index contributed by atoms with van der Waals surface area (Å²) in [6.45, 7) is 4.71. The van der Waals surface area contributed by atoms with Gasteiger partial charge in [0.1, 0.15) is 0 Å². The zero-order valence-corrected chi connectivity index (χ0v) is 33.0. The molecule has 0 saturated carbocycles. The lowest BCUT2D eigenvalue weighted by molar-refractivity contribution is 0.660. The van der Waals surface area contributed by atoms with Crippen LogP contribution in [0.1, 0.15) is 25.0 Å². The summed E-state index contributed by atoms with van der Waals surface area (Å²) in [7, 11) is 0. The number of benzene rings is 9. The Morgan fingerprint density at radius 3 is 1.66 bits per heavy atom. The summed E-state index contributed by atoms with van der Waals surface area (Å²) >= 11 is 0. The molecule has 0 atom stereocenters. The molecule has 278 valence electrons. The van der Waals surface area contributed by atoms with Crippen LogP contribution in [0.2, 0.25) is 0 Å². The molecule has 10 aromatic rings. The van der Waals surface area contributed by atoms with Crippen molar-refractivity contribution in [1.82, 2.24) is 4.57 Å². The molecule has 59 heavy (non-hydrogen) atoms. The SMILES string of the molecule is CC1(C)c2ccccc2-c2ccc(N(c3ccc(-c4ccccc4)cc3)c3ccc(-c4ccc5c(c4)-c4ccccc4-c4cccc6c7ccccc7n-5c46)cc3)cc21. The van der Waals surface area contributed by atoms with Crippen molar-refractivity contribution in [1.29, 1.82) is 0 Å². The first-order valence-electron chi connectivity index (χ1n) is 20.6. The summed E-state index contributed by atoms with van der Waals surface area (Å²) in [4.78, 5) is 2.41. The van der Waals surface area contributed by atoms with E-state index in [0.29, 0.717) is 0 Å². The maximum absolute atomic E-state index is 2.49. The molecule has 1 aliphatic carbocycles. The Hall–Kier alpha value is -7.42. The Kier molecular flexibility index (Phi) is 7.31. The molecule has 0 spiro atoms. The first kappa shape index (κ1) is 33.7. The van der Waals surface area contributed by atoms with Crippen LogP contribution in [0.15, 0.2) is 206 Å². The lowest BCUT2D eigenvalue weighted by Gasteiger charge is -2.28. The van der Waals surface area contributed by atoms with E-state index in [1.54, 1.807) is 0 Å². The quantitative estimate of drug-likeness (QED) is 0.170. The number of hydrogen-bond acceptors (Lipinski definition) is 1. The van der Waals surface area contributed by atoms with Gasteiger partial charge in [0.25, 0.3) is 0 Å². The minimum atomic E-state index is -0.0985. The predicted octanol–water partition coefficient (Wildman–Crippen LogP) is 15.5. The Bertz CT molecular complexity index is 3280.